The number of carboxylic acid groups (broad SMARTS) is 1. The number of benzene rings is 1. The first-order chi connectivity index (χ1) is 10.6. The normalized spacial score (nSPS) is 17.6. The van der Waals surface area contributed by atoms with E-state index in [-0.39, 0.29) is 19.0 Å². The Balaban J connectivity index is 1.63. The first-order valence-corrected chi connectivity index (χ1v) is 7.09. The molecule has 1 aliphatic heterocycles. The molecule has 1 amide bonds. The molecule has 0 aliphatic carbocycles. The number of likely N-dealkylation sites (tertiary alicyclic amines) is 1. The number of carbonyl (C=O) groups is 2. The molecule has 1 atom stereocenters. The molecule has 22 heavy (non-hydrogen) atoms. The van der Waals surface area contributed by atoms with E-state index in [9.17, 15) is 9.59 Å². The summed E-state index contributed by atoms with van der Waals surface area (Å²) in [5.74, 6) is -1.43. The lowest BCUT2D eigenvalue weighted by Gasteiger charge is -2.15. The van der Waals surface area contributed by atoms with E-state index in [0.717, 1.165) is 5.56 Å². The molecule has 0 spiro atoms. The quantitative estimate of drug-likeness (QED) is 0.905. The molecule has 0 bridgehead atoms. The molecule has 2 aromatic rings. The average molecular weight is 300 g/mol. The van der Waals surface area contributed by atoms with Gasteiger partial charge in [0.1, 0.15) is 12.2 Å². The highest BCUT2D eigenvalue weighted by atomic mass is 16.4. The minimum atomic E-state index is -0.845. The molecule has 0 radical (unpaired) electrons. The summed E-state index contributed by atoms with van der Waals surface area (Å²) < 4.78 is 1.48. The van der Waals surface area contributed by atoms with Gasteiger partial charge in [0.15, 0.2) is 0 Å². The fourth-order valence-corrected chi connectivity index (χ4v) is 2.54. The van der Waals surface area contributed by atoms with E-state index in [4.69, 9.17) is 5.11 Å². The molecular weight excluding hydrogens is 284 g/mol. The number of rotatable bonds is 4. The summed E-state index contributed by atoms with van der Waals surface area (Å²) >= 11 is 0. The third-order valence-electron chi connectivity index (χ3n) is 3.80. The minimum Gasteiger partial charge on any atom is -0.481 e. The van der Waals surface area contributed by atoms with E-state index in [0.29, 0.717) is 18.7 Å². The largest absolute Gasteiger partial charge is 0.481 e. The first kappa shape index (κ1) is 14.2. The first-order valence-electron chi connectivity index (χ1n) is 7.09. The van der Waals surface area contributed by atoms with Crippen LogP contribution in [0.4, 0.5) is 0 Å². The summed E-state index contributed by atoms with van der Waals surface area (Å²) in [5.41, 5.74) is 1.64. The second-order valence-corrected chi connectivity index (χ2v) is 5.33. The van der Waals surface area contributed by atoms with Gasteiger partial charge < -0.3 is 10.0 Å². The summed E-state index contributed by atoms with van der Waals surface area (Å²) in [4.78, 5) is 24.7. The lowest BCUT2D eigenvalue weighted by Crippen LogP contribution is -2.32. The topological polar surface area (TPSA) is 88.3 Å². The molecule has 1 unspecified atom stereocenters. The number of hydrogen-bond donors (Lipinski definition) is 1. The van der Waals surface area contributed by atoms with Crippen LogP contribution >= 0.6 is 0 Å². The van der Waals surface area contributed by atoms with Gasteiger partial charge in [0.25, 0.3) is 0 Å². The highest BCUT2D eigenvalue weighted by molar-refractivity contribution is 5.78. The van der Waals surface area contributed by atoms with Crippen molar-refractivity contribution in [1.29, 1.82) is 0 Å². The van der Waals surface area contributed by atoms with Crippen LogP contribution in [0.3, 0.4) is 0 Å². The SMILES string of the molecule is O=C(O)C1CCN(C(=O)Cn2cc(-c3ccccc3)nn2)C1. The maximum absolute atomic E-state index is 12.2. The van der Waals surface area contributed by atoms with Gasteiger partial charge in [-0.1, -0.05) is 35.5 Å². The molecule has 1 aliphatic rings. The Morgan fingerprint density at radius 3 is 2.73 bits per heavy atom. The Hall–Kier alpha value is -2.70. The summed E-state index contributed by atoms with van der Waals surface area (Å²) in [6, 6.07) is 9.59. The molecule has 7 nitrogen and oxygen atoms in total. The monoisotopic (exact) mass is 300 g/mol. The lowest BCUT2D eigenvalue weighted by atomic mass is 10.1. The number of nitrogens with zero attached hydrogens (tertiary/aromatic N) is 4. The molecule has 1 aromatic heterocycles. The summed E-state index contributed by atoms with van der Waals surface area (Å²) in [5, 5.41) is 17.0. The van der Waals surface area contributed by atoms with Crippen molar-refractivity contribution < 1.29 is 14.7 Å². The van der Waals surface area contributed by atoms with E-state index < -0.39 is 11.9 Å². The molecule has 0 saturated carbocycles. The average Bonchev–Trinajstić information content (AvgIpc) is 3.17. The summed E-state index contributed by atoms with van der Waals surface area (Å²) in [6.45, 7) is 0.830. The third-order valence-corrected chi connectivity index (χ3v) is 3.80. The second kappa shape index (κ2) is 5.97. The Morgan fingerprint density at radius 1 is 1.27 bits per heavy atom. The van der Waals surface area contributed by atoms with Gasteiger partial charge in [-0.05, 0) is 6.42 Å². The molecular formula is C15H16N4O3. The molecule has 1 fully saturated rings. The van der Waals surface area contributed by atoms with Crippen molar-refractivity contribution in [1.82, 2.24) is 19.9 Å². The van der Waals surface area contributed by atoms with E-state index in [1.165, 1.54) is 4.68 Å². The highest BCUT2D eigenvalue weighted by Gasteiger charge is 2.30. The fourth-order valence-electron chi connectivity index (χ4n) is 2.54. The van der Waals surface area contributed by atoms with E-state index >= 15 is 0 Å². The van der Waals surface area contributed by atoms with Crippen molar-refractivity contribution in [3.63, 3.8) is 0 Å². The van der Waals surface area contributed by atoms with Crippen molar-refractivity contribution in [2.75, 3.05) is 13.1 Å². The van der Waals surface area contributed by atoms with Gasteiger partial charge in [-0.25, -0.2) is 4.68 Å². The number of aliphatic carboxylic acids is 1. The number of amides is 1. The maximum Gasteiger partial charge on any atom is 0.308 e. The van der Waals surface area contributed by atoms with Crippen LogP contribution in [0.1, 0.15) is 6.42 Å². The Bertz CT molecular complexity index is 683. The second-order valence-electron chi connectivity index (χ2n) is 5.33. The smallest absolute Gasteiger partial charge is 0.308 e. The predicted octanol–water partition coefficient (Wildman–Crippen LogP) is 0.878. The fraction of sp³-hybridized carbons (Fsp3) is 0.333. The standard InChI is InChI=1S/C15H16N4O3/c20-14(18-7-6-12(8-18)15(21)22)10-19-9-13(16-17-19)11-4-2-1-3-5-11/h1-5,9,12H,6-8,10H2,(H,21,22). The molecule has 2 heterocycles. The van der Waals surface area contributed by atoms with Gasteiger partial charge in [0.05, 0.1) is 12.1 Å². The lowest BCUT2D eigenvalue weighted by molar-refractivity contribution is -0.141. The van der Waals surface area contributed by atoms with Crippen molar-refractivity contribution >= 4 is 11.9 Å². The molecule has 1 N–H and O–H groups in total. The van der Waals surface area contributed by atoms with Crippen LogP contribution in [0.2, 0.25) is 0 Å². The minimum absolute atomic E-state index is 0.0756. The van der Waals surface area contributed by atoms with Gasteiger partial charge in [-0.3, -0.25) is 9.59 Å². The Morgan fingerprint density at radius 2 is 2.05 bits per heavy atom. The molecule has 1 aromatic carbocycles. The van der Waals surface area contributed by atoms with Gasteiger partial charge in [-0.15, -0.1) is 5.10 Å². The van der Waals surface area contributed by atoms with Crippen LogP contribution in [0.25, 0.3) is 11.3 Å². The van der Waals surface area contributed by atoms with E-state index in [2.05, 4.69) is 10.3 Å². The summed E-state index contributed by atoms with van der Waals surface area (Å²) in [7, 11) is 0. The van der Waals surface area contributed by atoms with Crippen LogP contribution < -0.4 is 0 Å². The predicted molar refractivity (Wildman–Crippen MR) is 77.8 cm³/mol. The van der Waals surface area contributed by atoms with Crippen LogP contribution in [0.5, 0.6) is 0 Å². The molecule has 1 saturated heterocycles. The van der Waals surface area contributed by atoms with Gasteiger partial charge in [-0.2, -0.15) is 0 Å². The maximum atomic E-state index is 12.2. The number of hydrogen-bond acceptors (Lipinski definition) is 4. The van der Waals surface area contributed by atoms with Crippen molar-refractivity contribution in [2.24, 2.45) is 5.92 Å². The molecule has 114 valence electrons. The van der Waals surface area contributed by atoms with E-state index in [1.54, 1.807) is 11.1 Å². The van der Waals surface area contributed by atoms with Crippen LogP contribution in [-0.4, -0.2) is 50.0 Å². The third kappa shape index (κ3) is 2.98. The number of carbonyl (C=O) groups excluding carboxylic acids is 1. The highest BCUT2D eigenvalue weighted by Crippen LogP contribution is 2.18. The van der Waals surface area contributed by atoms with Crippen LogP contribution in [0.15, 0.2) is 36.5 Å². The van der Waals surface area contributed by atoms with Crippen molar-refractivity contribution in [3.05, 3.63) is 36.5 Å². The summed E-state index contributed by atoms with van der Waals surface area (Å²) in [6.07, 6.45) is 2.23. The van der Waals surface area contributed by atoms with Gasteiger partial charge >= 0.3 is 5.97 Å². The van der Waals surface area contributed by atoms with Crippen LogP contribution in [0, 0.1) is 5.92 Å². The zero-order valence-corrected chi connectivity index (χ0v) is 11.9. The Kier molecular flexibility index (Phi) is 3.86. The molecule has 7 heteroatoms. The Labute approximate surface area is 127 Å². The van der Waals surface area contributed by atoms with E-state index in [1.807, 2.05) is 30.3 Å². The number of aromatic nitrogens is 3. The number of carboxylic acids is 1. The van der Waals surface area contributed by atoms with Gasteiger partial charge in [0.2, 0.25) is 5.91 Å². The zero-order valence-electron chi connectivity index (χ0n) is 11.9. The molecule has 3 rings (SSSR count). The van der Waals surface area contributed by atoms with Crippen molar-refractivity contribution in [2.45, 2.75) is 13.0 Å². The van der Waals surface area contributed by atoms with Gasteiger partial charge in [0, 0.05) is 18.7 Å². The van der Waals surface area contributed by atoms with Crippen molar-refractivity contribution in [3.8, 4) is 11.3 Å². The zero-order chi connectivity index (χ0) is 15.5. The van der Waals surface area contributed by atoms with Crippen LogP contribution in [-0.2, 0) is 16.1 Å².